The second-order valence-electron chi connectivity index (χ2n) is 12.2. The van der Waals surface area contributed by atoms with Gasteiger partial charge in [-0.3, -0.25) is 9.59 Å². The highest BCUT2D eigenvalue weighted by Gasteiger charge is 2.65. The Bertz CT molecular complexity index is 738. The summed E-state index contributed by atoms with van der Waals surface area (Å²) in [6, 6.07) is 0. The van der Waals surface area contributed by atoms with E-state index in [-0.39, 0.29) is 18.0 Å². The van der Waals surface area contributed by atoms with E-state index in [2.05, 4.69) is 27.7 Å². The smallest absolute Gasteiger partial charge is 0.193 e. The van der Waals surface area contributed by atoms with Crippen LogP contribution in [0.2, 0.25) is 0 Å². The van der Waals surface area contributed by atoms with Gasteiger partial charge in [-0.25, -0.2) is 0 Å². The molecule has 2 unspecified atom stereocenters. The molecule has 0 amide bonds. The summed E-state index contributed by atoms with van der Waals surface area (Å²) in [5.41, 5.74) is -2.93. The van der Waals surface area contributed by atoms with Crippen LogP contribution in [0.1, 0.15) is 126 Å². The first-order valence-corrected chi connectivity index (χ1v) is 13.5. The molecule has 0 saturated carbocycles. The number of carbonyl (C=O) groups is 2. The SMILES string of the molecule is CC1=C(C)C(=O)[C@@]2(O)CC[C@@](C)(CCCC(C)CCCC(C)CCCC(C)C)O[C@@]2(C)C1=O. The molecular weight excluding hydrogens is 412 g/mol. The van der Waals surface area contributed by atoms with Crippen LogP contribution in [0.25, 0.3) is 0 Å². The molecule has 2 rings (SSSR count). The number of fused-ring (bicyclic) bond motifs is 1. The lowest BCUT2D eigenvalue weighted by atomic mass is 9.63. The van der Waals surface area contributed by atoms with Crippen molar-refractivity contribution >= 4 is 11.6 Å². The van der Waals surface area contributed by atoms with Gasteiger partial charge in [-0.1, -0.05) is 79.1 Å². The fraction of sp³-hybridized carbons (Fsp3) is 0.862. The topological polar surface area (TPSA) is 63.6 Å². The van der Waals surface area contributed by atoms with E-state index in [4.69, 9.17) is 4.74 Å². The van der Waals surface area contributed by atoms with Gasteiger partial charge >= 0.3 is 0 Å². The Hall–Kier alpha value is -1.00. The zero-order valence-electron chi connectivity index (χ0n) is 22.7. The van der Waals surface area contributed by atoms with Crippen molar-refractivity contribution in [2.75, 3.05) is 0 Å². The Morgan fingerprint density at radius 3 is 1.82 bits per heavy atom. The Morgan fingerprint density at radius 2 is 1.27 bits per heavy atom. The molecule has 0 radical (unpaired) electrons. The highest BCUT2D eigenvalue weighted by molar-refractivity contribution is 6.19. The third kappa shape index (κ3) is 6.36. The molecule has 0 bridgehead atoms. The van der Waals surface area contributed by atoms with E-state index < -0.39 is 16.8 Å². The van der Waals surface area contributed by atoms with Crippen molar-refractivity contribution in [3.8, 4) is 0 Å². The summed E-state index contributed by atoms with van der Waals surface area (Å²) in [6.07, 6.45) is 11.8. The standard InChI is InChI=1S/C29H50O4/c1-20(2)12-9-13-21(3)14-10-15-22(4)16-11-17-27(7)18-19-29(32)26(31)24(6)23(5)25(30)28(29,8)33-27/h20-22,32H,9-19H2,1-8H3/t21?,22?,27-,28+,29+/m1/s1. The van der Waals surface area contributed by atoms with E-state index in [1.165, 1.54) is 38.5 Å². The van der Waals surface area contributed by atoms with Crippen LogP contribution in [-0.2, 0) is 14.3 Å². The van der Waals surface area contributed by atoms with Gasteiger partial charge in [-0.2, -0.15) is 0 Å². The van der Waals surface area contributed by atoms with Gasteiger partial charge in [0, 0.05) is 11.1 Å². The number of ketones is 2. The average molecular weight is 463 g/mol. The van der Waals surface area contributed by atoms with Gasteiger partial charge in [0.1, 0.15) is 0 Å². The van der Waals surface area contributed by atoms with E-state index in [1.807, 2.05) is 6.92 Å². The highest BCUT2D eigenvalue weighted by Crippen LogP contribution is 2.49. The Morgan fingerprint density at radius 1 is 0.788 bits per heavy atom. The van der Waals surface area contributed by atoms with Crippen LogP contribution in [-0.4, -0.2) is 33.5 Å². The molecule has 0 spiro atoms. The monoisotopic (exact) mass is 462 g/mol. The fourth-order valence-corrected chi connectivity index (χ4v) is 5.86. The first kappa shape index (κ1) is 28.2. The minimum Gasteiger partial charge on any atom is -0.378 e. The van der Waals surface area contributed by atoms with Gasteiger partial charge in [0.05, 0.1) is 5.60 Å². The van der Waals surface area contributed by atoms with E-state index in [0.29, 0.717) is 23.5 Å². The fourth-order valence-electron chi connectivity index (χ4n) is 5.86. The number of carbonyl (C=O) groups excluding carboxylic acids is 2. The molecule has 1 N–H and O–H groups in total. The Balaban J connectivity index is 1.81. The van der Waals surface area contributed by atoms with Gasteiger partial charge in [-0.05, 0) is 64.7 Å². The molecule has 190 valence electrons. The molecule has 5 atom stereocenters. The van der Waals surface area contributed by atoms with Gasteiger partial charge in [0.25, 0.3) is 0 Å². The molecule has 0 aromatic carbocycles. The van der Waals surface area contributed by atoms with Crippen molar-refractivity contribution in [3.05, 3.63) is 11.1 Å². The molecule has 4 nitrogen and oxygen atoms in total. The molecule has 1 fully saturated rings. The summed E-state index contributed by atoms with van der Waals surface area (Å²) < 4.78 is 6.36. The van der Waals surface area contributed by atoms with Gasteiger partial charge in [0.2, 0.25) is 0 Å². The minimum atomic E-state index is -1.74. The van der Waals surface area contributed by atoms with Crippen molar-refractivity contribution in [3.63, 3.8) is 0 Å². The van der Waals surface area contributed by atoms with Crippen LogP contribution in [0, 0.1) is 17.8 Å². The number of hydrogen-bond acceptors (Lipinski definition) is 4. The second kappa shape index (κ2) is 11.2. The molecular formula is C29H50O4. The molecule has 0 aromatic heterocycles. The molecule has 1 aliphatic carbocycles. The number of Topliss-reactive ketones (excluding diaryl/α,β-unsaturated/α-hetero) is 2. The van der Waals surface area contributed by atoms with Crippen LogP contribution in [0.5, 0.6) is 0 Å². The van der Waals surface area contributed by atoms with Crippen LogP contribution >= 0.6 is 0 Å². The second-order valence-corrected chi connectivity index (χ2v) is 12.2. The quantitative estimate of drug-likeness (QED) is 0.340. The number of hydrogen-bond donors (Lipinski definition) is 1. The van der Waals surface area contributed by atoms with Gasteiger partial charge < -0.3 is 9.84 Å². The predicted octanol–water partition coefficient (Wildman–Crippen LogP) is 6.97. The number of rotatable bonds is 12. The van der Waals surface area contributed by atoms with Crippen molar-refractivity contribution in [1.82, 2.24) is 0 Å². The molecule has 1 saturated heterocycles. The zero-order chi connectivity index (χ0) is 25.0. The first-order valence-electron chi connectivity index (χ1n) is 13.5. The van der Waals surface area contributed by atoms with Crippen molar-refractivity contribution < 1.29 is 19.4 Å². The Labute approximate surface area is 202 Å². The Kier molecular flexibility index (Phi) is 9.55. The molecule has 1 aliphatic heterocycles. The summed E-state index contributed by atoms with van der Waals surface area (Å²) in [5, 5.41) is 11.2. The summed E-state index contributed by atoms with van der Waals surface area (Å²) in [7, 11) is 0. The van der Waals surface area contributed by atoms with Crippen molar-refractivity contribution in [2.45, 2.75) is 143 Å². The third-order valence-electron chi connectivity index (χ3n) is 8.58. The van der Waals surface area contributed by atoms with Gasteiger partial charge in [0.15, 0.2) is 22.8 Å². The molecule has 0 aromatic rings. The van der Waals surface area contributed by atoms with E-state index >= 15 is 0 Å². The molecule has 4 heteroatoms. The number of ether oxygens (including phenoxy) is 1. The van der Waals surface area contributed by atoms with Crippen molar-refractivity contribution in [1.29, 1.82) is 0 Å². The highest BCUT2D eigenvalue weighted by atomic mass is 16.5. The molecule has 1 heterocycles. The lowest BCUT2D eigenvalue weighted by Crippen LogP contribution is -2.71. The summed E-state index contributed by atoms with van der Waals surface area (Å²) in [6.45, 7) is 16.3. The molecule has 2 aliphatic rings. The largest absolute Gasteiger partial charge is 0.378 e. The van der Waals surface area contributed by atoms with Crippen LogP contribution in [0.3, 0.4) is 0 Å². The summed E-state index contributed by atoms with van der Waals surface area (Å²) in [5.74, 6) is 1.71. The molecule has 33 heavy (non-hydrogen) atoms. The van der Waals surface area contributed by atoms with Gasteiger partial charge in [-0.15, -0.1) is 0 Å². The lowest BCUT2D eigenvalue weighted by Gasteiger charge is -2.54. The summed E-state index contributed by atoms with van der Waals surface area (Å²) in [4.78, 5) is 25.9. The lowest BCUT2D eigenvalue weighted by molar-refractivity contribution is -0.250. The van der Waals surface area contributed by atoms with Crippen LogP contribution in [0.15, 0.2) is 11.1 Å². The summed E-state index contributed by atoms with van der Waals surface area (Å²) >= 11 is 0. The van der Waals surface area contributed by atoms with E-state index in [0.717, 1.165) is 31.1 Å². The maximum atomic E-state index is 13.1. The third-order valence-corrected chi connectivity index (χ3v) is 8.58. The number of aliphatic hydroxyl groups is 1. The van der Waals surface area contributed by atoms with E-state index in [9.17, 15) is 14.7 Å². The normalized spacial score (nSPS) is 32.3. The van der Waals surface area contributed by atoms with Crippen LogP contribution in [0.4, 0.5) is 0 Å². The maximum absolute atomic E-state index is 13.1. The minimum absolute atomic E-state index is 0.246. The maximum Gasteiger partial charge on any atom is 0.193 e. The predicted molar refractivity (Wildman–Crippen MR) is 135 cm³/mol. The van der Waals surface area contributed by atoms with E-state index in [1.54, 1.807) is 20.8 Å². The first-order chi connectivity index (χ1) is 15.3. The average Bonchev–Trinajstić information content (AvgIpc) is 2.73. The van der Waals surface area contributed by atoms with Crippen molar-refractivity contribution in [2.24, 2.45) is 17.8 Å². The zero-order valence-corrected chi connectivity index (χ0v) is 22.7. The van der Waals surface area contributed by atoms with Crippen LogP contribution < -0.4 is 0 Å².